The molecule has 0 atom stereocenters. The molecule has 0 aliphatic carbocycles. The zero-order valence-electron chi connectivity index (χ0n) is 15.6. The van der Waals surface area contributed by atoms with Crippen molar-refractivity contribution in [3.05, 3.63) is 52.5 Å². The largest absolute Gasteiger partial charge is 0.356 e. The van der Waals surface area contributed by atoms with Gasteiger partial charge in [0.2, 0.25) is 0 Å². The maximum Gasteiger partial charge on any atom is 0.311 e. The lowest BCUT2D eigenvalue weighted by molar-refractivity contribution is -0.147. The Morgan fingerprint density at radius 1 is 1.18 bits per heavy atom. The molecule has 1 aliphatic heterocycles. The van der Waals surface area contributed by atoms with Gasteiger partial charge in [-0.25, -0.2) is 0 Å². The second-order valence-electron chi connectivity index (χ2n) is 6.88. The molecule has 8 heteroatoms. The number of carbonyl (C=O) groups excluding carboxylic acids is 2. The normalized spacial score (nSPS) is 15.1. The fourth-order valence-electron chi connectivity index (χ4n) is 3.40. The van der Waals surface area contributed by atoms with Crippen LogP contribution < -0.4 is 5.32 Å². The van der Waals surface area contributed by atoms with Crippen LogP contribution in [0.25, 0.3) is 11.0 Å². The van der Waals surface area contributed by atoms with E-state index in [1.807, 2.05) is 18.2 Å². The number of hydrogen-bond acceptors (Lipinski definition) is 5. The van der Waals surface area contributed by atoms with E-state index in [1.54, 1.807) is 22.4 Å². The van der Waals surface area contributed by atoms with Gasteiger partial charge in [-0.3, -0.25) is 19.5 Å². The summed E-state index contributed by atoms with van der Waals surface area (Å²) in [4.78, 5) is 37.5. The first-order valence-electron chi connectivity index (χ1n) is 9.43. The third kappa shape index (κ3) is 4.40. The van der Waals surface area contributed by atoms with E-state index in [2.05, 4.69) is 37.7 Å². The average Bonchev–Trinajstić information content (AvgIpc) is 3.39. The molecule has 1 fully saturated rings. The van der Waals surface area contributed by atoms with Crippen molar-refractivity contribution in [3.63, 3.8) is 0 Å². The summed E-state index contributed by atoms with van der Waals surface area (Å²) in [6, 6.07) is 9.88. The number of rotatable bonds is 5. The van der Waals surface area contributed by atoms with Gasteiger partial charge in [-0.15, -0.1) is 11.3 Å². The lowest BCUT2D eigenvalue weighted by Gasteiger charge is -2.34. The van der Waals surface area contributed by atoms with Gasteiger partial charge in [0, 0.05) is 49.5 Å². The van der Waals surface area contributed by atoms with E-state index in [0.717, 1.165) is 42.8 Å². The van der Waals surface area contributed by atoms with Crippen LogP contribution in [-0.2, 0) is 22.6 Å². The van der Waals surface area contributed by atoms with E-state index in [0.29, 0.717) is 13.1 Å². The van der Waals surface area contributed by atoms with Crippen LogP contribution in [0, 0.1) is 0 Å². The zero-order chi connectivity index (χ0) is 19.3. The van der Waals surface area contributed by atoms with Crippen LogP contribution in [0.3, 0.4) is 0 Å². The summed E-state index contributed by atoms with van der Waals surface area (Å²) in [7, 11) is 0. The standard InChI is InChI=1S/C20H23N5O2S/c26-19(22-14-15-13-18-17(23-15)4-1-6-21-18)20(27)25-10-8-24(9-11-25)7-5-16-3-2-12-28-16/h1-4,6,12-13,23H,5,7-11,14H2,(H,22,26). The predicted molar refractivity (Wildman–Crippen MR) is 109 cm³/mol. The van der Waals surface area contributed by atoms with E-state index < -0.39 is 11.8 Å². The van der Waals surface area contributed by atoms with Crippen molar-refractivity contribution < 1.29 is 9.59 Å². The number of nitrogens with zero attached hydrogens (tertiary/aromatic N) is 3. The number of amides is 2. The topological polar surface area (TPSA) is 81.3 Å². The molecular formula is C20H23N5O2S. The molecule has 0 radical (unpaired) electrons. The number of H-pyrrole nitrogens is 1. The molecule has 0 unspecified atom stereocenters. The minimum atomic E-state index is -0.557. The summed E-state index contributed by atoms with van der Waals surface area (Å²) < 4.78 is 0. The maximum absolute atomic E-state index is 12.4. The molecule has 28 heavy (non-hydrogen) atoms. The number of piperazine rings is 1. The van der Waals surface area contributed by atoms with Crippen molar-refractivity contribution in [2.24, 2.45) is 0 Å². The van der Waals surface area contributed by atoms with Gasteiger partial charge in [0.05, 0.1) is 17.6 Å². The van der Waals surface area contributed by atoms with Gasteiger partial charge >= 0.3 is 11.8 Å². The molecule has 0 bridgehead atoms. The van der Waals surface area contributed by atoms with Crippen LogP contribution in [0.2, 0.25) is 0 Å². The molecule has 3 aromatic heterocycles. The summed E-state index contributed by atoms with van der Waals surface area (Å²) in [6.07, 6.45) is 2.76. The Kier molecular flexibility index (Phi) is 5.68. The molecule has 4 heterocycles. The molecule has 2 amide bonds. The van der Waals surface area contributed by atoms with Crippen molar-refractivity contribution in [2.75, 3.05) is 32.7 Å². The van der Waals surface area contributed by atoms with Crippen LogP contribution in [0.15, 0.2) is 41.9 Å². The van der Waals surface area contributed by atoms with Gasteiger partial charge in [0.1, 0.15) is 0 Å². The first kappa shape index (κ1) is 18.6. The second-order valence-corrected chi connectivity index (χ2v) is 7.91. The summed E-state index contributed by atoms with van der Waals surface area (Å²) in [5.41, 5.74) is 2.58. The van der Waals surface area contributed by atoms with Crippen LogP contribution in [-0.4, -0.2) is 64.3 Å². The first-order chi connectivity index (χ1) is 13.7. The van der Waals surface area contributed by atoms with E-state index in [1.165, 1.54) is 4.88 Å². The fourth-order valence-corrected chi connectivity index (χ4v) is 4.10. The highest BCUT2D eigenvalue weighted by Crippen LogP contribution is 2.12. The van der Waals surface area contributed by atoms with Gasteiger partial charge in [-0.05, 0) is 36.1 Å². The number of aromatic nitrogens is 2. The number of pyridine rings is 1. The van der Waals surface area contributed by atoms with Gasteiger partial charge < -0.3 is 15.2 Å². The van der Waals surface area contributed by atoms with Crippen molar-refractivity contribution in [2.45, 2.75) is 13.0 Å². The summed E-state index contributed by atoms with van der Waals surface area (Å²) in [5, 5.41) is 4.80. The number of nitrogens with one attached hydrogen (secondary N) is 2. The quantitative estimate of drug-likeness (QED) is 0.641. The monoisotopic (exact) mass is 397 g/mol. The van der Waals surface area contributed by atoms with Crippen LogP contribution >= 0.6 is 11.3 Å². The zero-order valence-corrected chi connectivity index (χ0v) is 16.4. The Balaban J connectivity index is 1.22. The highest BCUT2D eigenvalue weighted by atomic mass is 32.1. The predicted octanol–water partition coefficient (Wildman–Crippen LogP) is 1.63. The molecule has 3 aromatic rings. The van der Waals surface area contributed by atoms with Crippen molar-refractivity contribution in [1.82, 2.24) is 25.1 Å². The molecular weight excluding hydrogens is 374 g/mol. The lowest BCUT2D eigenvalue weighted by atomic mass is 10.2. The molecule has 1 aliphatic rings. The highest BCUT2D eigenvalue weighted by molar-refractivity contribution is 7.09. The van der Waals surface area contributed by atoms with E-state index in [4.69, 9.17) is 0 Å². The molecule has 1 saturated heterocycles. The third-order valence-corrected chi connectivity index (χ3v) is 5.93. The number of hydrogen-bond donors (Lipinski definition) is 2. The first-order valence-corrected chi connectivity index (χ1v) is 10.3. The van der Waals surface area contributed by atoms with E-state index in [-0.39, 0.29) is 6.54 Å². The van der Waals surface area contributed by atoms with Crippen LogP contribution in [0.5, 0.6) is 0 Å². The Morgan fingerprint density at radius 2 is 2.04 bits per heavy atom. The summed E-state index contributed by atoms with van der Waals surface area (Å²) in [5.74, 6) is -1.01. The second kappa shape index (κ2) is 8.53. The SMILES string of the molecule is O=C(NCc1cc2ncccc2[nH]1)C(=O)N1CCN(CCc2cccs2)CC1. The molecule has 146 valence electrons. The Labute approximate surface area is 167 Å². The lowest BCUT2D eigenvalue weighted by Crippen LogP contribution is -2.52. The van der Waals surface area contributed by atoms with E-state index in [9.17, 15) is 9.59 Å². The molecule has 4 rings (SSSR count). The molecule has 0 spiro atoms. The minimum absolute atomic E-state index is 0.279. The minimum Gasteiger partial charge on any atom is -0.356 e. The van der Waals surface area contributed by atoms with Crippen LogP contribution in [0.1, 0.15) is 10.6 Å². The Bertz CT molecular complexity index is 912. The molecule has 0 aromatic carbocycles. The third-order valence-electron chi connectivity index (χ3n) is 4.99. The van der Waals surface area contributed by atoms with Gasteiger partial charge in [0.15, 0.2) is 0 Å². The molecule has 2 N–H and O–H groups in total. The van der Waals surface area contributed by atoms with Crippen molar-refractivity contribution in [3.8, 4) is 0 Å². The molecule has 0 saturated carbocycles. The summed E-state index contributed by atoms with van der Waals surface area (Å²) >= 11 is 1.78. The van der Waals surface area contributed by atoms with Crippen molar-refractivity contribution in [1.29, 1.82) is 0 Å². The fraction of sp³-hybridized carbons (Fsp3) is 0.350. The maximum atomic E-state index is 12.4. The average molecular weight is 398 g/mol. The number of thiophene rings is 1. The number of fused-ring (bicyclic) bond motifs is 1. The molecule has 7 nitrogen and oxygen atoms in total. The Morgan fingerprint density at radius 3 is 2.79 bits per heavy atom. The highest BCUT2D eigenvalue weighted by Gasteiger charge is 2.25. The number of aromatic amines is 1. The van der Waals surface area contributed by atoms with E-state index >= 15 is 0 Å². The van der Waals surface area contributed by atoms with Gasteiger partial charge in [0.25, 0.3) is 0 Å². The van der Waals surface area contributed by atoms with Gasteiger partial charge in [-0.2, -0.15) is 0 Å². The van der Waals surface area contributed by atoms with Crippen LogP contribution in [0.4, 0.5) is 0 Å². The van der Waals surface area contributed by atoms with Crippen molar-refractivity contribution >= 4 is 34.2 Å². The summed E-state index contributed by atoms with van der Waals surface area (Å²) in [6.45, 7) is 4.06. The Hall–Kier alpha value is -2.71. The number of carbonyl (C=O) groups is 2. The smallest absolute Gasteiger partial charge is 0.311 e. The van der Waals surface area contributed by atoms with Gasteiger partial charge in [-0.1, -0.05) is 6.07 Å².